The molecule has 1 N–H and O–H groups in total. The van der Waals surface area contributed by atoms with E-state index in [0.717, 1.165) is 23.9 Å². The first kappa shape index (κ1) is 13.1. The highest BCUT2D eigenvalue weighted by Gasteiger charge is 2.33. The molecule has 0 saturated carbocycles. The normalized spacial score (nSPS) is 29.3. The third-order valence-electron chi connectivity index (χ3n) is 4.24. The van der Waals surface area contributed by atoms with Crippen molar-refractivity contribution in [1.29, 1.82) is 0 Å². The summed E-state index contributed by atoms with van der Waals surface area (Å²) >= 11 is 6.23. The minimum atomic E-state index is 0.566. The number of hydrogen-bond acceptors (Lipinski definition) is 3. The third kappa shape index (κ3) is 2.82. The van der Waals surface area contributed by atoms with Gasteiger partial charge in [-0.05, 0) is 57.0 Å². The molecule has 0 radical (unpaired) electrons. The molecule has 1 aromatic rings. The fraction of sp³-hybridized carbons (Fsp3) is 0.600. The van der Waals surface area contributed by atoms with E-state index in [4.69, 9.17) is 16.3 Å². The Balaban J connectivity index is 1.68. The Labute approximate surface area is 119 Å². The summed E-state index contributed by atoms with van der Waals surface area (Å²) in [7, 11) is 0. The van der Waals surface area contributed by atoms with Crippen molar-refractivity contribution < 1.29 is 4.74 Å². The fourth-order valence-electron chi connectivity index (χ4n) is 3.21. The minimum Gasteiger partial charge on any atom is -0.492 e. The lowest BCUT2D eigenvalue weighted by Crippen LogP contribution is -2.53. The molecule has 0 spiro atoms. The number of piperidine rings is 3. The van der Waals surface area contributed by atoms with Crippen LogP contribution in [0, 0.1) is 5.92 Å². The Hall–Kier alpha value is -0.930. The summed E-state index contributed by atoms with van der Waals surface area (Å²) in [6.07, 6.45) is 2.64. The van der Waals surface area contributed by atoms with Crippen molar-refractivity contribution in [2.45, 2.75) is 25.8 Å². The zero-order valence-corrected chi connectivity index (χ0v) is 12.1. The standard InChI is InChI=1S/C15H21ClN2O/c1-2-19-15-4-3-12(9-13(15)16)17-14-10-18-7-5-11(14)6-8-18/h3-4,9,11,14,17H,2,5-8,10H2,1H3. The summed E-state index contributed by atoms with van der Waals surface area (Å²) in [5.41, 5.74) is 1.10. The van der Waals surface area contributed by atoms with Crippen molar-refractivity contribution in [3.05, 3.63) is 23.2 Å². The van der Waals surface area contributed by atoms with Crippen LogP contribution in [0.5, 0.6) is 5.75 Å². The van der Waals surface area contributed by atoms with E-state index in [1.54, 1.807) is 0 Å². The highest BCUT2D eigenvalue weighted by molar-refractivity contribution is 6.32. The summed E-state index contributed by atoms with van der Waals surface area (Å²) in [5, 5.41) is 4.33. The molecule has 0 aromatic heterocycles. The molecule has 3 aliphatic rings. The lowest BCUT2D eigenvalue weighted by molar-refractivity contribution is 0.0975. The molecule has 4 rings (SSSR count). The van der Waals surface area contributed by atoms with Gasteiger partial charge >= 0.3 is 0 Å². The van der Waals surface area contributed by atoms with E-state index in [1.165, 1.54) is 25.9 Å². The van der Waals surface area contributed by atoms with Crippen LogP contribution in [0.1, 0.15) is 19.8 Å². The van der Waals surface area contributed by atoms with Crippen LogP contribution in [0.4, 0.5) is 5.69 Å². The van der Waals surface area contributed by atoms with Gasteiger partial charge in [-0.15, -0.1) is 0 Å². The van der Waals surface area contributed by atoms with Gasteiger partial charge in [0.05, 0.1) is 11.6 Å². The molecule has 4 heteroatoms. The van der Waals surface area contributed by atoms with Gasteiger partial charge in [0, 0.05) is 18.3 Å². The number of fused-ring (bicyclic) bond motifs is 3. The Kier molecular flexibility index (Phi) is 3.85. The first-order valence-corrected chi connectivity index (χ1v) is 7.55. The molecule has 1 unspecified atom stereocenters. The Bertz CT molecular complexity index is 444. The smallest absolute Gasteiger partial charge is 0.138 e. The zero-order chi connectivity index (χ0) is 13.2. The van der Waals surface area contributed by atoms with E-state index >= 15 is 0 Å². The monoisotopic (exact) mass is 280 g/mol. The number of rotatable bonds is 4. The quantitative estimate of drug-likeness (QED) is 0.916. The molecule has 3 nitrogen and oxygen atoms in total. The molecular formula is C15H21ClN2O. The largest absolute Gasteiger partial charge is 0.492 e. The topological polar surface area (TPSA) is 24.5 Å². The summed E-state index contributed by atoms with van der Waals surface area (Å²) in [5.74, 6) is 1.58. The van der Waals surface area contributed by atoms with Crippen LogP contribution in [0.15, 0.2) is 18.2 Å². The molecule has 3 fully saturated rings. The van der Waals surface area contributed by atoms with Gasteiger partial charge in [-0.2, -0.15) is 0 Å². The van der Waals surface area contributed by atoms with Crippen LogP contribution in [0.2, 0.25) is 5.02 Å². The van der Waals surface area contributed by atoms with Crippen molar-refractivity contribution in [3.8, 4) is 5.75 Å². The van der Waals surface area contributed by atoms with Gasteiger partial charge in [0.15, 0.2) is 0 Å². The molecule has 3 heterocycles. The van der Waals surface area contributed by atoms with E-state index in [0.29, 0.717) is 17.7 Å². The number of nitrogens with zero attached hydrogens (tertiary/aromatic N) is 1. The second kappa shape index (κ2) is 5.59. The predicted octanol–water partition coefficient (Wildman–Crippen LogP) is 3.24. The molecular weight excluding hydrogens is 260 g/mol. The van der Waals surface area contributed by atoms with Crippen LogP contribution in [0.25, 0.3) is 0 Å². The summed E-state index contributed by atoms with van der Waals surface area (Å²) in [4.78, 5) is 2.55. The van der Waals surface area contributed by atoms with Crippen LogP contribution in [-0.2, 0) is 0 Å². The van der Waals surface area contributed by atoms with E-state index < -0.39 is 0 Å². The number of hydrogen-bond donors (Lipinski definition) is 1. The van der Waals surface area contributed by atoms with Crippen molar-refractivity contribution in [3.63, 3.8) is 0 Å². The predicted molar refractivity (Wildman–Crippen MR) is 79.2 cm³/mol. The van der Waals surface area contributed by atoms with Gasteiger partial charge in [-0.3, -0.25) is 0 Å². The Morgan fingerprint density at radius 3 is 2.74 bits per heavy atom. The van der Waals surface area contributed by atoms with Gasteiger partial charge in [0.1, 0.15) is 5.75 Å². The van der Waals surface area contributed by atoms with Gasteiger partial charge < -0.3 is 15.0 Å². The first-order valence-electron chi connectivity index (χ1n) is 7.17. The highest BCUT2D eigenvalue weighted by Crippen LogP contribution is 2.32. The van der Waals surface area contributed by atoms with E-state index in [-0.39, 0.29) is 0 Å². The number of benzene rings is 1. The average Bonchev–Trinajstić information content (AvgIpc) is 2.43. The van der Waals surface area contributed by atoms with E-state index in [2.05, 4.69) is 16.3 Å². The van der Waals surface area contributed by atoms with Gasteiger partial charge in [0.2, 0.25) is 0 Å². The van der Waals surface area contributed by atoms with Gasteiger partial charge in [-0.1, -0.05) is 11.6 Å². The lowest BCUT2D eigenvalue weighted by Gasteiger charge is -2.45. The first-order chi connectivity index (χ1) is 9.26. The molecule has 3 saturated heterocycles. The minimum absolute atomic E-state index is 0.566. The number of ether oxygens (including phenoxy) is 1. The molecule has 0 aliphatic carbocycles. The van der Waals surface area contributed by atoms with Crippen LogP contribution in [-0.4, -0.2) is 37.2 Å². The van der Waals surface area contributed by atoms with Crippen LogP contribution in [0.3, 0.4) is 0 Å². The van der Waals surface area contributed by atoms with Crippen molar-refractivity contribution in [2.75, 3.05) is 31.6 Å². The summed E-state index contributed by atoms with van der Waals surface area (Å²) in [6.45, 7) is 6.32. The summed E-state index contributed by atoms with van der Waals surface area (Å²) < 4.78 is 5.46. The SMILES string of the molecule is CCOc1ccc(NC2CN3CCC2CC3)cc1Cl. The van der Waals surface area contributed by atoms with Crippen LogP contribution < -0.4 is 10.1 Å². The summed E-state index contributed by atoms with van der Waals surface area (Å²) in [6, 6.07) is 6.56. The highest BCUT2D eigenvalue weighted by atomic mass is 35.5. The number of halogens is 1. The lowest BCUT2D eigenvalue weighted by atomic mass is 9.84. The number of nitrogens with one attached hydrogen (secondary N) is 1. The van der Waals surface area contributed by atoms with Crippen molar-refractivity contribution >= 4 is 17.3 Å². The van der Waals surface area contributed by atoms with E-state index in [1.807, 2.05) is 19.1 Å². The Morgan fingerprint density at radius 2 is 2.16 bits per heavy atom. The van der Waals surface area contributed by atoms with Crippen LogP contribution >= 0.6 is 11.6 Å². The molecule has 1 aromatic carbocycles. The third-order valence-corrected chi connectivity index (χ3v) is 4.54. The molecule has 1 atom stereocenters. The molecule has 0 amide bonds. The molecule has 104 valence electrons. The second-order valence-corrected chi connectivity index (χ2v) is 5.87. The zero-order valence-electron chi connectivity index (χ0n) is 11.4. The number of anilines is 1. The average molecular weight is 281 g/mol. The second-order valence-electron chi connectivity index (χ2n) is 5.47. The van der Waals surface area contributed by atoms with Gasteiger partial charge in [0.25, 0.3) is 0 Å². The maximum absolute atomic E-state index is 6.23. The molecule has 3 aliphatic heterocycles. The van der Waals surface area contributed by atoms with Gasteiger partial charge in [-0.25, -0.2) is 0 Å². The fourth-order valence-corrected chi connectivity index (χ4v) is 3.44. The van der Waals surface area contributed by atoms with Crippen molar-refractivity contribution in [1.82, 2.24) is 4.90 Å². The maximum atomic E-state index is 6.23. The molecule has 19 heavy (non-hydrogen) atoms. The molecule has 2 bridgehead atoms. The van der Waals surface area contributed by atoms with Crippen molar-refractivity contribution in [2.24, 2.45) is 5.92 Å². The van der Waals surface area contributed by atoms with E-state index in [9.17, 15) is 0 Å². The maximum Gasteiger partial charge on any atom is 0.138 e. The Morgan fingerprint density at radius 1 is 1.37 bits per heavy atom.